The second-order valence-electron chi connectivity index (χ2n) is 7.98. The van der Waals surface area contributed by atoms with E-state index in [0.717, 1.165) is 17.7 Å². The molecule has 0 bridgehead atoms. The molecule has 174 valence electrons. The summed E-state index contributed by atoms with van der Waals surface area (Å²) in [5.41, 5.74) is 3.14. The predicted molar refractivity (Wildman–Crippen MR) is 136 cm³/mol. The smallest absolute Gasteiger partial charge is 0.243 e. The van der Waals surface area contributed by atoms with Crippen LogP contribution in [0.1, 0.15) is 50.3 Å². The summed E-state index contributed by atoms with van der Waals surface area (Å²) in [7, 11) is 0. The third-order valence-corrected chi connectivity index (χ3v) is 6.93. The Hall–Kier alpha value is -1.69. The molecule has 0 aliphatic heterocycles. The van der Waals surface area contributed by atoms with Gasteiger partial charge < -0.3 is 10.2 Å². The van der Waals surface area contributed by atoms with Crippen molar-refractivity contribution in [1.29, 1.82) is 0 Å². The molecule has 2 rings (SSSR count). The van der Waals surface area contributed by atoms with E-state index in [0.29, 0.717) is 16.5 Å². The zero-order valence-corrected chi connectivity index (χ0v) is 21.5. The second-order valence-corrected chi connectivity index (χ2v) is 9.81. The summed E-state index contributed by atoms with van der Waals surface area (Å²) in [6.45, 7) is 8.21. The van der Waals surface area contributed by atoms with Crippen LogP contribution in [0.3, 0.4) is 0 Å². The standard InChI is InChI=1S/C25H32Cl2N2O2S/c1-5-18(4)28-25(31)23(6-2)29(14-20-11-12-21(26)13-22(20)27)24(30)16-32-15-19-9-7-17(3)8-10-19/h7-13,18,23H,5-6,14-16H2,1-4H3,(H,28,31)/t18-,23+/m1/s1. The van der Waals surface area contributed by atoms with Crippen molar-refractivity contribution in [2.75, 3.05) is 5.75 Å². The van der Waals surface area contributed by atoms with Gasteiger partial charge in [0.15, 0.2) is 0 Å². The summed E-state index contributed by atoms with van der Waals surface area (Å²) in [5.74, 6) is 0.798. The number of halogens is 2. The molecular weight excluding hydrogens is 463 g/mol. The molecule has 0 aliphatic carbocycles. The zero-order chi connectivity index (χ0) is 23.7. The lowest BCUT2D eigenvalue weighted by molar-refractivity contribution is -0.139. The second kappa shape index (κ2) is 13.1. The van der Waals surface area contributed by atoms with Crippen LogP contribution < -0.4 is 5.32 Å². The number of amides is 2. The lowest BCUT2D eigenvalue weighted by atomic mass is 10.1. The number of rotatable bonds is 11. The van der Waals surface area contributed by atoms with E-state index in [9.17, 15) is 9.59 Å². The van der Waals surface area contributed by atoms with Gasteiger partial charge in [-0.1, -0.05) is 72.9 Å². The molecule has 2 atom stereocenters. The van der Waals surface area contributed by atoms with Gasteiger partial charge in [-0.05, 0) is 49.9 Å². The third-order valence-electron chi connectivity index (χ3n) is 5.36. The van der Waals surface area contributed by atoms with E-state index >= 15 is 0 Å². The van der Waals surface area contributed by atoms with Crippen LogP contribution in [0.2, 0.25) is 10.0 Å². The topological polar surface area (TPSA) is 49.4 Å². The molecule has 0 aromatic heterocycles. The number of carbonyl (C=O) groups excluding carboxylic acids is 2. The molecule has 0 saturated carbocycles. The quantitative estimate of drug-likeness (QED) is 0.401. The van der Waals surface area contributed by atoms with E-state index in [1.54, 1.807) is 28.8 Å². The fourth-order valence-corrected chi connectivity index (χ4v) is 4.56. The number of thioether (sulfide) groups is 1. The number of nitrogens with one attached hydrogen (secondary N) is 1. The third kappa shape index (κ3) is 8.02. The van der Waals surface area contributed by atoms with Crippen LogP contribution >= 0.6 is 35.0 Å². The van der Waals surface area contributed by atoms with Crippen molar-refractivity contribution >= 4 is 46.8 Å². The first-order valence-corrected chi connectivity index (χ1v) is 12.8. The summed E-state index contributed by atoms with van der Waals surface area (Å²) in [6.07, 6.45) is 1.34. The Morgan fingerprint density at radius 3 is 2.34 bits per heavy atom. The van der Waals surface area contributed by atoms with Crippen LogP contribution in [0.25, 0.3) is 0 Å². The monoisotopic (exact) mass is 494 g/mol. The lowest BCUT2D eigenvalue weighted by Gasteiger charge is -2.31. The van der Waals surface area contributed by atoms with Gasteiger partial charge in [-0.25, -0.2) is 0 Å². The lowest BCUT2D eigenvalue weighted by Crippen LogP contribution is -2.51. The zero-order valence-electron chi connectivity index (χ0n) is 19.2. The number of hydrogen-bond donors (Lipinski definition) is 1. The van der Waals surface area contributed by atoms with Crippen molar-refractivity contribution in [3.63, 3.8) is 0 Å². The van der Waals surface area contributed by atoms with Gasteiger partial charge in [0.05, 0.1) is 5.75 Å². The van der Waals surface area contributed by atoms with Gasteiger partial charge in [0.25, 0.3) is 0 Å². The summed E-state index contributed by atoms with van der Waals surface area (Å²) >= 11 is 14.0. The summed E-state index contributed by atoms with van der Waals surface area (Å²) < 4.78 is 0. The SMILES string of the molecule is CC[C@@H](C)NC(=O)[C@H](CC)N(Cc1ccc(Cl)cc1Cl)C(=O)CSCc1ccc(C)cc1. The van der Waals surface area contributed by atoms with Crippen molar-refractivity contribution in [3.8, 4) is 0 Å². The molecule has 0 saturated heterocycles. The Labute approximate surface area is 206 Å². The number of benzene rings is 2. The van der Waals surface area contributed by atoms with Gasteiger partial charge >= 0.3 is 0 Å². The minimum Gasteiger partial charge on any atom is -0.352 e. The van der Waals surface area contributed by atoms with Crippen LogP contribution in [0, 0.1) is 6.92 Å². The highest BCUT2D eigenvalue weighted by Gasteiger charge is 2.29. The Morgan fingerprint density at radius 1 is 1.06 bits per heavy atom. The van der Waals surface area contributed by atoms with Crippen LogP contribution in [-0.4, -0.2) is 34.6 Å². The highest BCUT2D eigenvalue weighted by atomic mass is 35.5. The van der Waals surface area contributed by atoms with Gasteiger partial charge in [0.2, 0.25) is 11.8 Å². The van der Waals surface area contributed by atoms with Crippen molar-refractivity contribution in [3.05, 3.63) is 69.2 Å². The maximum Gasteiger partial charge on any atom is 0.243 e. The van der Waals surface area contributed by atoms with Gasteiger partial charge in [-0.2, -0.15) is 0 Å². The number of hydrogen-bond acceptors (Lipinski definition) is 3. The molecule has 1 N–H and O–H groups in total. The Bertz CT molecular complexity index is 905. The maximum atomic E-state index is 13.3. The normalized spacial score (nSPS) is 12.8. The van der Waals surface area contributed by atoms with Gasteiger partial charge in [-0.3, -0.25) is 9.59 Å². The van der Waals surface area contributed by atoms with Crippen molar-refractivity contribution in [2.45, 2.75) is 64.9 Å². The molecule has 0 spiro atoms. The minimum absolute atomic E-state index is 0.0449. The van der Waals surface area contributed by atoms with Crippen LogP contribution in [0.5, 0.6) is 0 Å². The highest BCUT2D eigenvalue weighted by molar-refractivity contribution is 7.99. The molecule has 0 unspecified atom stereocenters. The van der Waals surface area contributed by atoms with Crippen molar-refractivity contribution in [2.24, 2.45) is 0 Å². The Balaban J connectivity index is 2.17. The van der Waals surface area contributed by atoms with E-state index in [4.69, 9.17) is 23.2 Å². The average Bonchev–Trinajstić information content (AvgIpc) is 2.76. The van der Waals surface area contributed by atoms with Gasteiger partial charge in [0, 0.05) is 28.4 Å². The number of carbonyl (C=O) groups is 2. The molecule has 0 heterocycles. The largest absolute Gasteiger partial charge is 0.352 e. The summed E-state index contributed by atoms with van der Waals surface area (Å²) in [4.78, 5) is 27.9. The minimum atomic E-state index is -0.566. The van der Waals surface area contributed by atoms with E-state index < -0.39 is 6.04 Å². The van der Waals surface area contributed by atoms with Crippen LogP contribution in [0.15, 0.2) is 42.5 Å². The first-order chi connectivity index (χ1) is 15.2. The predicted octanol–water partition coefficient (Wildman–Crippen LogP) is 6.26. The molecule has 32 heavy (non-hydrogen) atoms. The first-order valence-electron chi connectivity index (χ1n) is 10.9. The Morgan fingerprint density at radius 2 is 1.75 bits per heavy atom. The molecule has 0 radical (unpaired) electrons. The highest BCUT2D eigenvalue weighted by Crippen LogP contribution is 2.24. The summed E-state index contributed by atoms with van der Waals surface area (Å²) in [5, 5.41) is 4.04. The molecule has 7 heteroatoms. The molecule has 4 nitrogen and oxygen atoms in total. The summed E-state index contributed by atoms with van der Waals surface area (Å²) in [6, 6.07) is 13.0. The fourth-order valence-electron chi connectivity index (χ4n) is 3.22. The number of aryl methyl sites for hydroxylation is 1. The first kappa shape index (κ1) is 26.6. The van der Waals surface area contributed by atoms with Crippen LogP contribution in [-0.2, 0) is 21.9 Å². The van der Waals surface area contributed by atoms with Crippen molar-refractivity contribution < 1.29 is 9.59 Å². The van der Waals surface area contributed by atoms with Gasteiger partial charge in [0.1, 0.15) is 6.04 Å². The maximum absolute atomic E-state index is 13.3. The van der Waals surface area contributed by atoms with E-state index in [-0.39, 0.29) is 30.2 Å². The molecule has 2 amide bonds. The Kier molecular flexibility index (Phi) is 10.9. The molecular formula is C25H32Cl2N2O2S. The van der Waals surface area contributed by atoms with Crippen molar-refractivity contribution in [1.82, 2.24) is 10.2 Å². The van der Waals surface area contributed by atoms with Gasteiger partial charge in [-0.15, -0.1) is 11.8 Å². The van der Waals surface area contributed by atoms with Crippen LogP contribution in [0.4, 0.5) is 0 Å². The molecule has 0 fully saturated rings. The number of nitrogens with zero attached hydrogens (tertiary/aromatic N) is 1. The molecule has 2 aromatic rings. The fraction of sp³-hybridized carbons (Fsp3) is 0.440. The molecule has 0 aliphatic rings. The molecule has 2 aromatic carbocycles. The van der Waals surface area contributed by atoms with E-state index in [1.165, 1.54) is 11.1 Å². The van der Waals surface area contributed by atoms with E-state index in [2.05, 4.69) is 36.5 Å². The van der Waals surface area contributed by atoms with E-state index in [1.807, 2.05) is 26.8 Å². The average molecular weight is 496 g/mol.